The second kappa shape index (κ2) is 2.31. The van der Waals surface area contributed by atoms with Crippen LogP contribution < -0.4 is 5.32 Å². The van der Waals surface area contributed by atoms with Gasteiger partial charge in [-0.3, -0.25) is 0 Å². The van der Waals surface area contributed by atoms with Gasteiger partial charge in [0.15, 0.2) is 0 Å². The molecule has 0 aliphatic rings. The molecule has 2 heteroatoms. The minimum Gasteiger partial charge on any atom is -0.378 e. The average Bonchev–Trinajstić information content (AvgIpc) is 2.50. The molecular formula is C9H8N2. The molecule has 1 heterocycles. The molecule has 2 radical (unpaired) electrons. The monoisotopic (exact) mass is 144 g/mol. The molecule has 0 fully saturated rings. The molecule has 1 aromatic heterocycles. The summed E-state index contributed by atoms with van der Waals surface area (Å²) in [5, 5.41) is 3.76. The van der Waals surface area contributed by atoms with E-state index in [1.807, 2.05) is 30.5 Å². The highest BCUT2D eigenvalue weighted by molar-refractivity contribution is 5.82. The van der Waals surface area contributed by atoms with Crippen LogP contribution in [-0.4, -0.2) is 4.98 Å². The van der Waals surface area contributed by atoms with Crippen molar-refractivity contribution in [3.05, 3.63) is 37.5 Å². The summed E-state index contributed by atoms with van der Waals surface area (Å²) in [6.45, 7) is 0. The van der Waals surface area contributed by atoms with E-state index in [4.69, 9.17) is 7.05 Å². The maximum absolute atomic E-state index is 5.25. The molecule has 0 unspecified atom stereocenters. The van der Waals surface area contributed by atoms with Crippen LogP contribution in [0.5, 0.6) is 0 Å². The predicted molar refractivity (Wildman–Crippen MR) is 46.2 cm³/mol. The summed E-state index contributed by atoms with van der Waals surface area (Å²) >= 11 is 0. The normalized spacial score (nSPS) is 10.3. The number of benzene rings is 1. The third-order valence-electron chi connectivity index (χ3n) is 1.72. The van der Waals surface area contributed by atoms with Crippen molar-refractivity contribution >= 4 is 16.6 Å². The molecule has 0 atom stereocenters. The SMILES string of the molecule is [CH]Nc1ccc2[nH]ccc2c1. The number of aromatic amines is 1. The Kier molecular flexibility index (Phi) is 1.32. The number of anilines is 1. The Morgan fingerprint density at radius 1 is 1.27 bits per heavy atom. The minimum absolute atomic E-state index is 0.928. The van der Waals surface area contributed by atoms with Crippen molar-refractivity contribution in [2.45, 2.75) is 0 Å². The number of hydrogen-bond donors (Lipinski definition) is 2. The fourth-order valence-corrected chi connectivity index (χ4v) is 1.14. The van der Waals surface area contributed by atoms with Crippen molar-refractivity contribution in [1.82, 2.24) is 4.98 Å². The van der Waals surface area contributed by atoms with Gasteiger partial charge in [-0.2, -0.15) is 0 Å². The van der Waals surface area contributed by atoms with E-state index < -0.39 is 0 Å². The summed E-state index contributed by atoms with van der Waals surface area (Å²) in [5.74, 6) is 0. The average molecular weight is 144 g/mol. The Labute approximate surface area is 65.2 Å². The summed E-state index contributed by atoms with van der Waals surface area (Å²) in [6, 6.07) is 7.92. The molecule has 0 saturated carbocycles. The Bertz CT molecular complexity index is 362. The first-order valence-electron chi connectivity index (χ1n) is 3.44. The quantitative estimate of drug-likeness (QED) is 0.590. The van der Waals surface area contributed by atoms with Crippen LogP contribution in [0, 0.1) is 7.05 Å². The number of hydrogen-bond acceptors (Lipinski definition) is 1. The van der Waals surface area contributed by atoms with Crippen LogP contribution in [0.4, 0.5) is 5.69 Å². The third-order valence-corrected chi connectivity index (χ3v) is 1.72. The number of fused-ring (bicyclic) bond motifs is 1. The van der Waals surface area contributed by atoms with Gasteiger partial charge in [0.05, 0.1) is 7.05 Å². The Morgan fingerprint density at radius 3 is 3.00 bits per heavy atom. The number of rotatable bonds is 1. The summed E-state index contributed by atoms with van der Waals surface area (Å²) in [4.78, 5) is 3.10. The lowest BCUT2D eigenvalue weighted by Crippen LogP contribution is -1.82. The first kappa shape index (κ1) is 6.28. The van der Waals surface area contributed by atoms with E-state index in [9.17, 15) is 0 Å². The molecule has 0 amide bonds. The molecule has 1 aromatic carbocycles. The molecule has 0 saturated heterocycles. The van der Waals surface area contributed by atoms with Crippen LogP contribution in [0.15, 0.2) is 30.5 Å². The molecule has 2 rings (SSSR count). The van der Waals surface area contributed by atoms with Crippen molar-refractivity contribution in [1.29, 1.82) is 0 Å². The molecule has 0 aliphatic carbocycles. The standard InChI is InChI=1S/C9H8N2/c1-10-8-2-3-9-7(6-8)4-5-11-9/h1-6,10-11H. The van der Waals surface area contributed by atoms with E-state index in [-0.39, 0.29) is 0 Å². The van der Waals surface area contributed by atoms with Gasteiger partial charge in [0, 0.05) is 22.8 Å². The lowest BCUT2D eigenvalue weighted by Gasteiger charge is -1.97. The van der Waals surface area contributed by atoms with Gasteiger partial charge < -0.3 is 10.3 Å². The van der Waals surface area contributed by atoms with E-state index in [2.05, 4.69) is 10.3 Å². The van der Waals surface area contributed by atoms with Crippen molar-refractivity contribution < 1.29 is 0 Å². The molecule has 0 aliphatic heterocycles. The van der Waals surface area contributed by atoms with Crippen molar-refractivity contribution in [3.63, 3.8) is 0 Å². The smallest absolute Gasteiger partial charge is 0.0705 e. The van der Waals surface area contributed by atoms with E-state index in [1.54, 1.807) is 0 Å². The molecule has 11 heavy (non-hydrogen) atoms. The van der Waals surface area contributed by atoms with Crippen LogP contribution in [0.2, 0.25) is 0 Å². The third kappa shape index (κ3) is 0.963. The van der Waals surface area contributed by atoms with Crippen molar-refractivity contribution in [3.8, 4) is 0 Å². The largest absolute Gasteiger partial charge is 0.378 e. The maximum atomic E-state index is 5.25. The second-order valence-electron chi connectivity index (χ2n) is 2.42. The first-order valence-corrected chi connectivity index (χ1v) is 3.44. The lowest BCUT2D eigenvalue weighted by molar-refractivity contribution is 1.48. The number of H-pyrrole nitrogens is 1. The van der Waals surface area contributed by atoms with Crippen LogP contribution in [0.1, 0.15) is 0 Å². The zero-order chi connectivity index (χ0) is 7.68. The molecular weight excluding hydrogens is 136 g/mol. The maximum Gasteiger partial charge on any atom is 0.0705 e. The van der Waals surface area contributed by atoms with Gasteiger partial charge in [0.2, 0.25) is 0 Å². The van der Waals surface area contributed by atoms with Crippen LogP contribution in [-0.2, 0) is 0 Å². The van der Waals surface area contributed by atoms with Gasteiger partial charge in [0.25, 0.3) is 0 Å². The predicted octanol–water partition coefficient (Wildman–Crippen LogP) is 2.25. The highest BCUT2D eigenvalue weighted by Crippen LogP contribution is 2.16. The topological polar surface area (TPSA) is 27.8 Å². The summed E-state index contributed by atoms with van der Waals surface area (Å²) in [6.07, 6.45) is 1.91. The van der Waals surface area contributed by atoms with Crippen LogP contribution in [0.25, 0.3) is 10.9 Å². The Balaban J connectivity index is 2.67. The zero-order valence-corrected chi connectivity index (χ0v) is 5.96. The second-order valence-corrected chi connectivity index (χ2v) is 2.42. The fraction of sp³-hybridized carbons (Fsp3) is 0. The van der Waals surface area contributed by atoms with Crippen LogP contribution >= 0.6 is 0 Å². The minimum atomic E-state index is 0.928. The van der Waals surface area contributed by atoms with Gasteiger partial charge in [-0.1, -0.05) is 0 Å². The number of nitrogens with one attached hydrogen (secondary N) is 2. The molecule has 2 N–H and O–H groups in total. The number of aromatic nitrogens is 1. The van der Waals surface area contributed by atoms with E-state index >= 15 is 0 Å². The van der Waals surface area contributed by atoms with Crippen molar-refractivity contribution in [2.75, 3.05) is 5.32 Å². The fourth-order valence-electron chi connectivity index (χ4n) is 1.14. The van der Waals surface area contributed by atoms with Gasteiger partial charge in [-0.15, -0.1) is 0 Å². The first-order chi connectivity index (χ1) is 5.40. The molecule has 54 valence electrons. The van der Waals surface area contributed by atoms with E-state index in [0.29, 0.717) is 0 Å². The van der Waals surface area contributed by atoms with Gasteiger partial charge >= 0.3 is 0 Å². The summed E-state index contributed by atoms with van der Waals surface area (Å²) < 4.78 is 0. The lowest BCUT2D eigenvalue weighted by atomic mass is 10.2. The van der Waals surface area contributed by atoms with Crippen molar-refractivity contribution in [2.24, 2.45) is 0 Å². The van der Waals surface area contributed by atoms with Crippen LogP contribution in [0.3, 0.4) is 0 Å². The molecule has 0 spiro atoms. The molecule has 0 bridgehead atoms. The summed E-state index contributed by atoms with van der Waals surface area (Å²) in [7, 11) is 5.25. The molecule has 2 aromatic rings. The van der Waals surface area contributed by atoms with E-state index in [0.717, 1.165) is 11.2 Å². The molecule has 2 nitrogen and oxygen atoms in total. The van der Waals surface area contributed by atoms with Gasteiger partial charge in [0.1, 0.15) is 0 Å². The van der Waals surface area contributed by atoms with Gasteiger partial charge in [-0.05, 0) is 24.3 Å². The van der Waals surface area contributed by atoms with Gasteiger partial charge in [-0.25, -0.2) is 0 Å². The highest BCUT2D eigenvalue weighted by atomic mass is 14.8. The Hall–Kier alpha value is -1.44. The zero-order valence-electron chi connectivity index (χ0n) is 5.96. The van der Waals surface area contributed by atoms with E-state index in [1.165, 1.54) is 5.39 Å². The Morgan fingerprint density at radius 2 is 2.18 bits per heavy atom. The highest BCUT2D eigenvalue weighted by Gasteiger charge is 1.93. The summed E-state index contributed by atoms with van der Waals surface area (Å²) in [5.41, 5.74) is 2.06.